The number of aromatic nitrogens is 3. The van der Waals surface area contributed by atoms with Gasteiger partial charge in [0.2, 0.25) is 0 Å². The summed E-state index contributed by atoms with van der Waals surface area (Å²) in [6, 6.07) is 9.55. The van der Waals surface area contributed by atoms with Crippen molar-refractivity contribution >= 4 is 28.0 Å². The van der Waals surface area contributed by atoms with Crippen molar-refractivity contribution in [3.8, 4) is 11.1 Å². The van der Waals surface area contributed by atoms with E-state index in [1.807, 2.05) is 30.3 Å². The summed E-state index contributed by atoms with van der Waals surface area (Å²) in [4.78, 5) is 16.6. The van der Waals surface area contributed by atoms with Gasteiger partial charge in [-0.05, 0) is 18.4 Å². The third-order valence-electron chi connectivity index (χ3n) is 3.44. The SMILES string of the molecule is CSC(=N)n1c(=O)n(C)c2c(-c3cccnc3)cccc21. The molecule has 6 heteroatoms. The molecule has 2 heterocycles. The molecule has 3 rings (SSSR count). The molecular formula is C15H14N4OS. The summed E-state index contributed by atoms with van der Waals surface area (Å²) in [6.07, 6.45) is 5.28. The first-order valence-corrected chi connectivity index (χ1v) is 7.61. The Bertz CT molecular complexity index is 880. The fourth-order valence-corrected chi connectivity index (χ4v) is 2.81. The van der Waals surface area contributed by atoms with Crippen molar-refractivity contribution in [2.75, 3.05) is 6.26 Å². The highest BCUT2D eigenvalue weighted by Gasteiger charge is 2.17. The molecule has 0 unspecified atom stereocenters. The van der Waals surface area contributed by atoms with Crippen molar-refractivity contribution in [2.45, 2.75) is 0 Å². The van der Waals surface area contributed by atoms with E-state index in [1.165, 1.54) is 16.3 Å². The number of hydrogen-bond donors (Lipinski definition) is 1. The Morgan fingerprint density at radius 2 is 2.10 bits per heavy atom. The van der Waals surface area contributed by atoms with Crippen LogP contribution in [0.2, 0.25) is 0 Å². The minimum absolute atomic E-state index is 0.208. The van der Waals surface area contributed by atoms with Crippen LogP contribution >= 0.6 is 11.8 Å². The standard InChI is InChI=1S/C15H14N4OS/c1-18-13-11(10-5-4-8-17-9-10)6-3-7-12(13)19(15(18)20)14(16)21-2/h3-9,16H,1-2H3. The lowest BCUT2D eigenvalue weighted by Gasteiger charge is -2.05. The molecule has 5 nitrogen and oxygen atoms in total. The van der Waals surface area contributed by atoms with Gasteiger partial charge in [0, 0.05) is 30.6 Å². The van der Waals surface area contributed by atoms with Gasteiger partial charge in [-0.15, -0.1) is 0 Å². The van der Waals surface area contributed by atoms with Crippen molar-refractivity contribution in [1.82, 2.24) is 14.1 Å². The lowest BCUT2D eigenvalue weighted by molar-refractivity contribution is 0.865. The number of para-hydroxylation sites is 1. The van der Waals surface area contributed by atoms with Crippen LogP contribution in [0.25, 0.3) is 22.2 Å². The van der Waals surface area contributed by atoms with E-state index in [0.29, 0.717) is 0 Å². The summed E-state index contributed by atoms with van der Waals surface area (Å²) < 4.78 is 3.02. The van der Waals surface area contributed by atoms with Crippen LogP contribution in [-0.4, -0.2) is 25.5 Å². The van der Waals surface area contributed by atoms with Gasteiger partial charge in [-0.3, -0.25) is 15.0 Å². The number of aryl methyl sites for hydroxylation is 1. The molecule has 106 valence electrons. The van der Waals surface area contributed by atoms with Crippen molar-refractivity contribution in [1.29, 1.82) is 5.41 Å². The first kappa shape index (κ1) is 13.6. The zero-order chi connectivity index (χ0) is 15.0. The molecule has 0 bridgehead atoms. The minimum Gasteiger partial charge on any atom is -0.294 e. The number of pyridine rings is 1. The highest BCUT2D eigenvalue weighted by atomic mass is 32.2. The summed E-state index contributed by atoms with van der Waals surface area (Å²) in [5, 5.41) is 8.21. The first-order valence-electron chi connectivity index (χ1n) is 6.39. The molecule has 0 fully saturated rings. The van der Waals surface area contributed by atoms with Gasteiger partial charge in [-0.1, -0.05) is 30.0 Å². The van der Waals surface area contributed by atoms with Gasteiger partial charge in [0.15, 0.2) is 5.17 Å². The molecule has 21 heavy (non-hydrogen) atoms. The molecule has 0 aliphatic rings. The number of fused-ring (bicyclic) bond motifs is 1. The number of imidazole rings is 1. The molecule has 3 aromatic rings. The third kappa shape index (κ3) is 2.08. The number of thioether (sulfide) groups is 1. The van der Waals surface area contributed by atoms with E-state index in [-0.39, 0.29) is 10.9 Å². The van der Waals surface area contributed by atoms with Gasteiger partial charge in [-0.25, -0.2) is 9.36 Å². The van der Waals surface area contributed by atoms with E-state index in [1.54, 1.807) is 30.3 Å². The van der Waals surface area contributed by atoms with Gasteiger partial charge in [-0.2, -0.15) is 0 Å². The molecule has 0 saturated carbocycles. The second kappa shape index (κ2) is 5.21. The van der Waals surface area contributed by atoms with Crippen LogP contribution in [0.1, 0.15) is 0 Å². The Hall–Kier alpha value is -2.34. The Morgan fingerprint density at radius 1 is 1.29 bits per heavy atom. The lowest BCUT2D eigenvalue weighted by Crippen LogP contribution is -2.25. The van der Waals surface area contributed by atoms with Crippen LogP contribution in [-0.2, 0) is 7.05 Å². The lowest BCUT2D eigenvalue weighted by atomic mass is 10.1. The van der Waals surface area contributed by atoms with Crippen molar-refractivity contribution in [3.63, 3.8) is 0 Å². The van der Waals surface area contributed by atoms with E-state index in [2.05, 4.69) is 4.98 Å². The number of nitrogens with zero attached hydrogens (tertiary/aromatic N) is 3. The van der Waals surface area contributed by atoms with E-state index >= 15 is 0 Å². The van der Waals surface area contributed by atoms with Crippen LogP contribution in [0.5, 0.6) is 0 Å². The fraction of sp³-hybridized carbons (Fsp3) is 0.133. The zero-order valence-electron chi connectivity index (χ0n) is 11.7. The van der Waals surface area contributed by atoms with Crippen LogP contribution in [0.15, 0.2) is 47.5 Å². The maximum Gasteiger partial charge on any atom is 0.335 e. The highest BCUT2D eigenvalue weighted by Crippen LogP contribution is 2.27. The predicted molar refractivity (Wildman–Crippen MR) is 87.0 cm³/mol. The Labute approximate surface area is 125 Å². The number of hydrogen-bond acceptors (Lipinski definition) is 4. The molecule has 1 N–H and O–H groups in total. The topological polar surface area (TPSA) is 63.7 Å². The minimum atomic E-state index is -0.208. The molecule has 0 amide bonds. The fourth-order valence-electron chi connectivity index (χ4n) is 2.46. The van der Waals surface area contributed by atoms with E-state index in [4.69, 9.17) is 5.41 Å². The Kier molecular flexibility index (Phi) is 3.39. The van der Waals surface area contributed by atoms with Crippen molar-refractivity contribution < 1.29 is 0 Å². The van der Waals surface area contributed by atoms with Crippen LogP contribution in [0.3, 0.4) is 0 Å². The largest absolute Gasteiger partial charge is 0.335 e. The van der Waals surface area contributed by atoms with Gasteiger partial charge >= 0.3 is 5.69 Å². The van der Waals surface area contributed by atoms with Crippen LogP contribution in [0, 0.1) is 5.41 Å². The number of nitrogens with one attached hydrogen (secondary N) is 1. The molecule has 0 aliphatic carbocycles. The maximum absolute atomic E-state index is 12.4. The van der Waals surface area contributed by atoms with Gasteiger partial charge in [0.1, 0.15) is 0 Å². The van der Waals surface area contributed by atoms with Crippen LogP contribution < -0.4 is 5.69 Å². The number of rotatable bonds is 1. The Morgan fingerprint density at radius 3 is 2.76 bits per heavy atom. The predicted octanol–water partition coefficient (Wildman–Crippen LogP) is 2.55. The van der Waals surface area contributed by atoms with E-state index < -0.39 is 0 Å². The first-order chi connectivity index (χ1) is 10.1. The molecule has 0 atom stereocenters. The quantitative estimate of drug-likeness (QED) is 0.554. The molecule has 0 aliphatic heterocycles. The molecule has 0 saturated heterocycles. The third-order valence-corrected chi connectivity index (χ3v) is 4.01. The smallest absolute Gasteiger partial charge is 0.294 e. The molecule has 1 aromatic carbocycles. The highest BCUT2D eigenvalue weighted by molar-refractivity contribution is 8.13. The number of benzene rings is 1. The summed E-state index contributed by atoms with van der Waals surface area (Å²) in [6.45, 7) is 0. The maximum atomic E-state index is 12.4. The monoisotopic (exact) mass is 298 g/mol. The second-order valence-electron chi connectivity index (χ2n) is 4.60. The van der Waals surface area contributed by atoms with Crippen molar-refractivity contribution in [2.24, 2.45) is 7.05 Å². The molecule has 0 radical (unpaired) electrons. The molecule has 2 aromatic heterocycles. The molecule has 0 spiro atoms. The van der Waals surface area contributed by atoms with Gasteiger partial charge < -0.3 is 0 Å². The normalized spacial score (nSPS) is 11.0. The average molecular weight is 298 g/mol. The van der Waals surface area contributed by atoms with E-state index in [9.17, 15) is 4.79 Å². The molecular weight excluding hydrogens is 284 g/mol. The summed E-state index contributed by atoms with van der Waals surface area (Å²) in [5.74, 6) is 0. The summed E-state index contributed by atoms with van der Waals surface area (Å²) in [5.41, 5.74) is 3.23. The summed E-state index contributed by atoms with van der Waals surface area (Å²) >= 11 is 1.24. The van der Waals surface area contributed by atoms with Crippen molar-refractivity contribution in [3.05, 3.63) is 53.2 Å². The van der Waals surface area contributed by atoms with E-state index in [0.717, 1.165) is 22.2 Å². The average Bonchev–Trinajstić information content (AvgIpc) is 2.79. The zero-order valence-corrected chi connectivity index (χ0v) is 12.5. The van der Waals surface area contributed by atoms with Crippen LogP contribution in [0.4, 0.5) is 0 Å². The Balaban J connectivity index is 2.41. The van der Waals surface area contributed by atoms with Gasteiger partial charge in [0.05, 0.1) is 11.0 Å². The second-order valence-corrected chi connectivity index (χ2v) is 5.40. The van der Waals surface area contributed by atoms with Gasteiger partial charge in [0.25, 0.3) is 0 Å². The summed E-state index contributed by atoms with van der Waals surface area (Å²) in [7, 11) is 1.73.